The predicted molar refractivity (Wildman–Crippen MR) is 62.2 cm³/mol. The van der Waals surface area contributed by atoms with Crippen LogP contribution in [0.4, 0.5) is 4.79 Å². The minimum absolute atomic E-state index is 0. The van der Waals surface area contributed by atoms with E-state index in [0.29, 0.717) is 12.5 Å². The first-order chi connectivity index (χ1) is 6.42. The molecule has 4 nitrogen and oxygen atoms in total. The molecule has 1 heterocycles. The van der Waals surface area contributed by atoms with E-state index in [-0.39, 0.29) is 18.5 Å². The van der Waals surface area contributed by atoms with E-state index in [1.54, 1.807) is 4.90 Å². The molecule has 0 aromatic rings. The average Bonchev–Trinajstić information content (AvgIpc) is 2.48. The molecular formula is C10H21ClN2O2. The summed E-state index contributed by atoms with van der Waals surface area (Å²) in [4.78, 5) is 13.3. The van der Waals surface area contributed by atoms with E-state index in [4.69, 9.17) is 10.5 Å². The molecule has 0 unspecified atom stereocenters. The molecule has 15 heavy (non-hydrogen) atoms. The Kier molecular flexibility index (Phi) is 5.38. The van der Waals surface area contributed by atoms with Crippen LogP contribution >= 0.6 is 12.4 Å². The van der Waals surface area contributed by atoms with E-state index in [9.17, 15) is 4.79 Å². The molecule has 0 aromatic carbocycles. The maximum Gasteiger partial charge on any atom is 0.410 e. The lowest BCUT2D eigenvalue weighted by molar-refractivity contribution is 0.0289. The fourth-order valence-corrected chi connectivity index (χ4v) is 1.52. The lowest BCUT2D eigenvalue weighted by atomic mass is 10.1. The first-order valence-electron chi connectivity index (χ1n) is 5.10. The van der Waals surface area contributed by atoms with E-state index in [1.807, 2.05) is 20.8 Å². The van der Waals surface area contributed by atoms with Crippen LogP contribution in [0.15, 0.2) is 0 Å². The smallest absolute Gasteiger partial charge is 0.410 e. The second-order valence-electron chi connectivity index (χ2n) is 4.82. The number of nitrogens with zero attached hydrogens (tertiary/aromatic N) is 1. The lowest BCUT2D eigenvalue weighted by Gasteiger charge is -2.24. The number of hydrogen-bond donors (Lipinski definition) is 1. The van der Waals surface area contributed by atoms with E-state index in [0.717, 1.165) is 19.5 Å². The van der Waals surface area contributed by atoms with Gasteiger partial charge >= 0.3 is 6.09 Å². The zero-order chi connectivity index (χ0) is 10.8. The monoisotopic (exact) mass is 236 g/mol. The highest BCUT2D eigenvalue weighted by molar-refractivity contribution is 5.85. The van der Waals surface area contributed by atoms with Gasteiger partial charge in [0.15, 0.2) is 0 Å². The van der Waals surface area contributed by atoms with Gasteiger partial charge in [-0.25, -0.2) is 4.79 Å². The summed E-state index contributed by atoms with van der Waals surface area (Å²) in [5, 5.41) is 0. The van der Waals surface area contributed by atoms with Crippen LogP contribution in [0.25, 0.3) is 0 Å². The summed E-state index contributed by atoms with van der Waals surface area (Å²) in [6.45, 7) is 7.80. The van der Waals surface area contributed by atoms with Crippen molar-refractivity contribution in [2.75, 3.05) is 19.6 Å². The van der Waals surface area contributed by atoms with Crippen molar-refractivity contribution in [3.63, 3.8) is 0 Å². The minimum atomic E-state index is -0.405. The second-order valence-corrected chi connectivity index (χ2v) is 4.82. The predicted octanol–water partition coefficient (Wildman–Crippen LogP) is 1.62. The standard InChI is InChI=1S/C10H20N2O2.ClH/c1-10(2,3)14-9(13)12-5-4-8(6-11)7-12;/h8H,4-7,11H2,1-3H3;1H/t8-;/m0./s1. The highest BCUT2D eigenvalue weighted by atomic mass is 35.5. The van der Waals surface area contributed by atoms with Gasteiger partial charge in [0.1, 0.15) is 5.60 Å². The second kappa shape index (κ2) is 5.56. The van der Waals surface area contributed by atoms with Crippen molar-refractivity contribution in [2.45, 2.75) is 32.8 Å². The summed E-state index contributed by atoms with van der Waals surface area (Å²) >= 11 is 0. The third-order valence-electron chi connectivity index (χ3n) is 2.27. The number of carbonyl (C=O) groups excluding carboxylic acids is 1. The topological polar surface area (TPSA) is 55.6 Å². The Hall–Kier alpha value is -0.480. The van der Waals surface area contributed by atoms with E-state index in [1.165, 1.54) is 0 Å². The molecule has 1 atom stereocenters. The number of halogens is 1. The number of rotatable bonds is 1. The average molecular weight is 237 g/mol. The van der Waals surface area contributed by atoms with Crippen molar-refractivity contribution >= 4 is 18.5 Å². The first-order valence-corrected chi connectivity index (χ1v) is 5.10. The van der Waals surface area contributed by atoms with Crippen LogP contribution in [0.2, 0.25) is 0 Å². The number of ether oxygens (including phenoxy) is 1. The van der Waals surface area contributed by atoms with Gasteiger partial charge < -0.3 is 15.4 Å². The summed E-state index contributed by atoms with van der Waals surface area (Å²) in [6, 6.07) is 0. The third kappa shape index (κ3) is 4.71. The highest BCUT2D eigenvalue weighted by Gasteiger charge is 2.28. The number of hydrogen-bond acceptors (Lipinski definition) is 3. The van der Waals surface area contributed by atoms with Crippen molar-refractivity contribution in [1.82, 2.24) is 4.90 Å². The van der Waals surface area contributed by atoms with Crippen molar-refractivity contribution in [2.24, 2.45) is 11.7 Å². The largest absolute Gasteiger partial charge is 0.444 e. The molecule has 0 aliphatic carbocycles. The Balaban J connectivity index is 0.00000196. The summed E-state index contributed by atoms with van der Waals surface area (Å²) in [7, 11) is 0. The SMILES string of the molecule is CC(C)(C)OC(=O)N1CC[C@@H](CN)C1.Cl. The fourth-order valence-electron chi connectivity index (χ4n) is 1.52. The Morgan fingerprint density at radius 3 is 2.53 bits per heavy atom. The Morgan fingerprint density at radius 1 is 1.53 bits per heavy atom. The molecule has 1 aliphatic heterocycles. The molecule has 1 rings (SSSR count). The lowest BCUT2D eigenvalue weighted by Crippen LogP contribution is -2.35. The van der Waals surface area contributed by atoms with Gasteiger partial charge in [0.05, 0.1) is 0 Å². The summed E-state index contributed by atoms with van der Waals surface area (Å²) < 4.78 is 5.26. The van der Waals surface area contributed by atoms with Crippen LogP contribution in [-0.2, 0) is 4.74 Å². The molecular weight excluding hydrogens is 216 g/mol. The van der Waals surface area contributed by atoms with Crippen LogP contribution in [0.1, 0.15) is 27.2 Å². The highest BCUT2D eigenvalue weighted by Crippen LogP contribution is 2.18. The molecule has 1 saturated heterocycles. The molecule has 2 N–H and O–H groups in total. The Morgan fingerprint density at radius 2 is 2.13 bits per heavy atom. The number of likely N-dealkylation sites (tertiary alicyclic amines) is 1. The molecule has 1 aliphatic rings. The van der Waals surface area contributed by atoms with Crippen LogP contribution in [-0.4, -0.2) is 36.2 Å². The van der Waals surface area contributed by atoms with Gasteiger partial charge in [0.2, 0.25) is 0 Å². The van der Waals surface area contributed by atoms with Crippen LogP contribution in [0.5, 0.6) is 0 Å². The maximum atomic E-state index is 11.6. The molecule has 0 spiro atoms. The third-order valence-corrected chi connectivity index (χ3v) is 2.27. The van der Waals surface area contributed by atoms with Gasteiger partial charge in [-0.1, -0.05) is 0 Å². The summed E-state index contributed by atoms with van der Waals surface area (Å²) in [5.41, 5.74) is 5.14. The fraction of sp³-hybridized carbons (Fsp3) is 0.900. The molecule has 0 saturated carbocycles. The van der Waals surface area contributed by atoms with E-state index >= 15 is 0 Å². The number of carbonyl (C=O) groups is 1. The van der Waals surface area contributed by atoms with Crippen molar-refractivity contribution in [3.05, 3.63) is 0 Å². The normalized spacial score (nSPS) is 21.1. The number of amides is 1. The first kappa shape index (κ1) is 14.5. The van der Waals surface area contributed by atoms with Crippen LogP contribution < -0.4 is 5.73 Å². The summed E-state index contributed by atoms with van der Waals surface area (Å²) in [6.07, 6.45) is 0.781. The van der Waals surface area contributed by atoms with Crippen LogP contribution in [0, 0.1) is 5.92 Å². The van der Waals surface area contributed by atoms with Gasteiger partial charge in [0.25, 0.3) is 0 Å². The minimum Gasteiger partial charge on any atom is -0.444 e. The molecule has 1 fully saturated rings. The molecule has 0 bridgehead atoms. The molecule has 0 aromatic heterocycles. The van der Waals surface area contributed by atoms with Gasteiger partial charge in [0, 0.05) is 13.1 Å². The van der Waals surface area contributed by atoms with E-state index in [2.05, 4.69) is 0 Å². The van der Waals surface area contributed by atoms with Gasteiger partial charge in [-0.2, -0.15) is 0 Å². The van der Waals surface area contributed by atoms with Gasteiger partial charge in [-0.3, -0.25) is 0 Å². The molecule has 1 amide bonds. The Labute approximate surface area is 97.5 Å². The van der Waals surface area contributed by atoms with E-state index < -0.39 is 5.60 Å². The van der Waals surface area contributed by atoms with Crippen molar-refractivity contribution in [1.29, 1.82) is 0 Å². The maximum absolute atomic E-state index is 11.6. The van der Waals surface area contributed by atoms with Crippen molar-refractivity contribution < 1.29 is 9.53 Å². The van der Waals surface area contributed by atoms with Gasteiger partial charge in [-0.05, 0) is 39.7 Å². The zero-order valence-corrected chi connectivity index (χ0v) is 10.5. The molecule has 5 heteroatoms. The van der Waals surface area contributed by atoms with Crippen LogP contribution in [0.3, 0.4) is 0 Å². The van der Waals surface area contributed by atoms with Gasteiger partial charge in [-0.15, -0.1) is 12.4 Å². The molecule has 90 valence electrons. The summed E-state index contributed by atoms with van der Waals surface area (Å²) in [5.74, 6) is 0.447. The quantitative estimate of drug-likeness (QED) is 0.753. The molecule has 0 radical (unpaired) electrons. The zero-order valence-electron chi connectivity index (χ0n) is 9.66. The van der Waals surface area contributed by atoms with Crippen molar-refractivity contribution in [3.8, 4) is 0 Å². The Bertz CT molecular complexity index is 216. The number of nitrogens with two attached hydrogens (primary N) is 1.